The molecule has 0 aromatic carbocycles. The molecule has 0 saturated heterocycles. The van der Waals surface area contributed by atoms with Crippen molar-refractivity contribution in [3.05, 3.63) is 22.8 Å². The van der Waals surface area contributed by atoms with E-state index in [9.17, 15) is 0 Å². The minimum Gasteiger partial charge on any atom is -0.383 e. The number of halogens is 1. The molecule has 5 heteroatoms. The van der Waals surface area contributed by atoms with Crippen molar-refractivity contribution in [2.24, 2.45) is 0 Å². The molecule has 4 nitrogen and oxygen atoms in total. The summed E-state index contributed by atoms with van der Waals surface area (Å²) in [7, 11) is 3.69. The van der Waals surface area contributed by atoms with Crippen LogP contribution >= 0.6 is 11.6 Å². The SMILES string of the molecule is COCCN(C)c1cc(CNC(C)(C)C)c(Cl)cn1. The lowest BCUT2D eigenvalue weighted by Gasteiger charge is -2.22. The Morgan fingerprint density at radius 3 is 2.68 bits per heavy atom. The van der Waals surface area contributed by atoms with Gasteiger partial charge in [-0.15, -0.1) is 0 Å². The normalized spacial score (nSPS) is 11.7. The zero-order chi connectivity index (χ0) is 14.5. The number of hydrogen-bond donors (Lipinski definition) is 1. The van der Waals surface area contributed by atoms with E-state index >= 15 is 0 Å². The molecule has 1 N–H and O–H groups in total. The van der Waals surface area contributed by atoms with Crippen molar-refractivity contribution in [3.63, 3.8) is 0 Å². The molecule has 0 aliphatic heterocycles. The Labute approximate surface area is 121 Å². The van der Waals surface area contributed by atoms with Gasteiger partial charge in [0.15, 0.2) is 0 Å². The highest BCUT2D eigenvalue weighted by Gasteiger charge is 2.12. The standard InChI is InChI=1S/C14H24ClN3O/c1-14(2,3)17-9-11-8-13(16-10-12(11)15)18(4)6-7-19-5/h8,10,17H,6-7,9H2,1-5H3. The lowest BCUT2D eigenvalue weighted by atomic mass is 10.1. The number of aromatic nitrogens is 1. The molecule has 0 atom stereocenters. The third-order valence-electron chi connectivity index (χ3n) is 2.75. The van der Waals surface area contributed by atoms with Crippen molar-refractivity contribution in [1.29, 1.82) is 0 Å². The maximum absolute atomic E-state index is 6.19. The van der Waals surface area contributed by atoms with Crippen molar-refractivity contribution >= 4 is 17.4 Å². The molecule has 108 valence electrons. The van der Waals surface area contributed by atoms with Gasteiger partial charge in [0.2, 0.25) is 0 Å². The summed E-state index contributed by atoms with van der Waals surface area (Å²) in [5, 5.41) is 4.13. The molecule has 19 heavy (non-hydrogen) atoms. The Hall–Kier alpha value is -0.840. The zero-order valence-corrected chi connectivity index (χ0v) is 13.2. The van der Waals surface area contributed by atoms with Crippen molar-refractivity contribution in [2.75, 3.05) is 32.2 Å². The Balaban J connectivity index is 2.76. The first-order valence-electron chi connectivity index (χ1n) is 6.43. The molecule has 0 fully saturated rings. The predicted octanol–water partition coefficient (Wildman–Crippen LogP) is 2.71. The van der Waals surface area contributed by atoms with Crippen LogP contribution in [0, 0.1) is 0 Å². The van der Waals surface area contributed by atoms with Crippen molar-refractivity contribution in [3.8, 4) is 0 Å². The van der Waals surface area contributed by atoms with Crippen LogP contribution in [0.5, 0.6) is 0 Å². The van der Waals surface area contributed by atoms with Crippen LogP contribution in [-0.2, 0) is 11.3 Å². The summed E-state index contributed by atoms with van der Waals surface area (Å²) < 4.78 is 5.07. The quantitative estimate of drug-likeness (QED) is 0.872. The number of likely N-dealkylation sites (N-methyl/N-ethyl adjacent to an activating group) is 1. The van der Waals surface area contributed by atoms with Crippen LogP contribution in [0.25, 0.3) is 0 Å². The number of ether oxygens (including phenoxy) is 1. The fraction of sp³-hybridized carbons (Fsp3) is 0.643. The number of anilines is 1. The average molecular weight is 286 g/mol. The van der Waals surface area contributed by atoms with Gasteiger partial charge in [-0.2, -0.15) is 0 Å². The molecular formula is C14H24ClN3O. The first-order valence-corrected chi connectivity index (χ1v) is 6.81. The van der Waals surface area contributed by atoms with E-state index in [0.717, 1.165) is 24.5 Å². The molecule has 0 unspecified atom stereocenters. The Bertz CT molecular complexity index is 404. The maximum Gasteiger partial charge on any atom is 0.128 e. The third-order valence-corrected chi connectivity index (χ3v) is 3.09. The summed E-state index contributed by atoms with van der Waals surface area (Å²) in [5.74, 6) is 0.909. The van der Waals surface area contributed by atoms with E-state index in [0.29, 0.717) is 11.6 Å². The van der Waals surface area contributed by atoms with E-state index in [1.807, 2.05) is 13.1 Å². The molecule has 1 aromatic rings. The van der Waals surface area contributed by atoms with Gasteiger partial charge >= 0.3 is 0 Å². The zero-order valence-electron chi connectivity index (χ0n) is 12.5. The largest absolute Gasteiger partial charge is 0.383 e. The number of hydrogen-bond acceptors (Lipinski definition) is 4. The molecule has 0 aliphatic rings. The lowest BCUT2D eigenvalue weighted by molar-refractivity contribution is 0.206. The van der Waals surface area contributed by atoms with Crippen molar-refractivity contribution in [2.45, 2.75) is 32.9 Å². The Morgan fingerprint density at radius 1 is 1.42 bits per heavy atom. The number of pyridine rings is 1. The second-order valence-electron chi connectivity index (χ2n) is 5.65. The van der Waals surface area contributed by atoms with E-state index in [1.54, 1.807) is 13.3 Å². The van der Waals surface area contributed by atoms with E-state index in [-0.39, 0.29) is 5.54 Å². The average Bonchev–Trinajstić information content (AvgIpc) is 2.34. The minimum atomic E-state index is 0.0642. The smallest absolute Gasteiger partial charge is 0.128 e. The van der Waals surface area contributed by atoms with Crippen molar-refractivity contribution < 1.29 is 4.74 Å². The lowest BCUT2D eigenvalue weighted by Crippen LogP contribution is -2.35. The second kappa shape index (κ2) is 7.08. The topological polar surface area (TPSA) is 37.4 Å². The molecule has 1 rings (SSSR count). The van der Waals surface area contributed by atoms with Gasteiger partial charge in [0.05, 0.1) is 11.6 Å². The molecular weight excluding hydrogens is 262 g/mol. The van der Waals surface area contributed by atoms with E-state index in [4.69, 9.17) is 16.3 Å². The monoisotopic (exact) mass is 285 g/mol. The first kappa shape index (κ1) is 16.2. The van der Waals surface area contributed by atoms with Gasteiger partial charge in [-0.05, 0) is 32.4 Å². The van der Waals surface area contributed by atoms with Crippen molar-refractivity contribution in [1.82, 2.24) is 10.3 Å². The summed E-state index contributed by atoms with van der Waals surface area (Å²) >= 11 is 6.19. The summed E-state index contributed by atoms with van der Waals surface area (Å²) in [6, 6.07) is 2.02. The van der Waals surface area contributed by atoms with Crippen LogP contribution in [-0.4, -0.2) is 37.8 Å². The van der Waals surface area contributed by atoms with Gasteiger partial charge in [0.1, 0.15) is 5.82 Å². The first-order chi connectivity index (χ1) is 8.83. The highest BCUT2D eigenvalue weighted by atomic mass is 35.5. The highest BCUT2D eigenvalue weighted by Crippen LogP contribution is 2.20. The summed E-state index contributed by atoms with van der Waals surface area (Å²) in [5.41, 5.74) is 1.13. The van der Waals surface area contributed by atoms with Gasteiger partial charge in [-0.25, -0.2) is 4.98 Å². The Morgan fingerprint density at radius 2 is 2.11 bits per heavy atom. The van der Waals surface area contributed by atoms with Gasteiger partial charge in [-0.1, -0.05) is 11.6 Å². The number of rotatable bonds is 6. The van der Waals surface area contributed by atoms with E-state index in [1.165, 1.54) is 0 Å². The molecule has 0 aliphatic carbocycles. The fourth-order valence-corrected chi connectivity index (χ4v) is 1.69. The maximum atomic E-state index is 6.19. The van der Waals surface area contributed by atoms with Crippen LogP contribution in [0.2, 0.25) is 5.02 Å². The number of nitrogens with zero attached hydrogens (tertiary/aromatic N) is 2. The summed E-state index contributed by atoms with van der Waals surface area (Å²) in [6.45, 7) is 8.61. The second-order valence-corrected chi connectivity index (χ2v) is 6.06. The number of methoxy groups -OCH3 is 1. The van der Waals surface area contributed by atoms with Crippen LogP contribution in [0.3, 0.4) is 0 Å². The van der Waals surface area contributed by atoms with E-state index < -0.39 is 0 Å². The molecule has 0 saturated carbocycles. The molecule has 0 radical (unpaired) electrons. The molecule has 1 aromatic heterocycles. The third kappa shape index (κ3) is 5.76. The molecule has 0 amide bonds. The Kier molecular flexibility index (Phi) is 6.04. The van der Waals surface area contributed by atoms with Gasteiger partial charge in [0.25, 0.3) is 0 Å². The van der Waals surface area contributed by atoms with Crippen LogP contribution in [0.15, 0.2) is 12.3 Å². The van der Waals surface area contributed by atoms with Crippen LogP contribution in [0.4, 0.5) is 5.82 Å². The highest BCUT2D eigenvalue weighted by molar-refractivity contribution is 6.31. The summed E-state index contributed by atoms with van der Waals surface area (Å²) in [6.07, 6.45) is 1.71. The van der Waals surface area contributed by atoms with Gasteiger partial charge in [0, 0.05) is 39.0 Å². The summed E-state index contributed by atoms with van der Waals surface area (Å²) in [4.78, 5) is 6.40. The van der Waals surface area contributed by atoms with Crippen LogP contribution < -0.4 is 10.2 Å². The predicted molar refractivity (Wildman–Crippen MR) is 81.0 cm³/mol. The van der Waals surface area contributed by atoms with E-state index in [2.05, 4.69) is 36.0 Å². The van der Waals surface area contributed by atoms with Crippen LogP contribution in [0.1, 0.15) is 26.3 Å². The number of nitrogens with one attached hydrogen (secondary N) is 1. The van der Waals surface area contributed by atoms with Gasteiger partial charge in [-0.3, -0.25) is 0 Å². The fourth-order valence-electron chi connectivity index (χ4n) is 1.52. The molecule has 0 spiro atoms. The van der Waals surface area contributed by atoms with Gasteiger partial charge < -0.3 is 15.0 Å². The molecule has 1 heterocycles. The minimum absolute atomic E-state index is 0.0642. The molecule has 0 bridgehead atoms.